The molecule has 4 atom stereocenters. The van der Waals surface area contributed by atoms with Crippen LogP contribution in [0.2, 0.25) is 41.8 Å². The molecule has 192 valence electrons. The monoisotopic (exact) mass is 622 g/mol. The summed E-state index contributed by atoms with van der Waals surface area (Å²) in [5, 5.41) is 0. The standard InChI is InChI=1S/2C15H23Si.2ClH.Zr/c2*1-2-10-16(11-5-12-16)15-9-8-13-6-3-4-7-14(13)15;;;/h2*3-4,7,13H,2,5-6,8-12H2,1H3;2*1H;/q;;;;+2/p-2. The Hall–Kier alpha value is 0.857. The molecule has 0 nitrogen and oxygen atoms in total. The van der Waals surface area contributed by atoms with E-state index in [1.807, 2.05) is 0 Å². The first kappa shape index (κ1) is 28.9. The Kier molecular flexibility index (Phi) is 9.19. The molecule has 0 radical (unpaired) electrons. The van der Waals surface area contributed by atoms with E-state index < -0.39 is 39.4 Å². The molecule has 2 saturated carbocycles. The van der Waals surface area contributed by atoms with Crippen LogP contribution in [0.4, 0.5) is 0 Å². The number of allylic oxidation sites excluding steroid dienone is 8. The van der Waals surface area contributed by atoms with Gasteiger partial charge in [0.2, 0.25) is 0 Å². The zero-order valence-corrected chi connectivity index (χ0v) is 28.2. The first-order chi connectivity index (χ1) is 16.1. The van der Waals surface area contributed by atoms with Crippen LogP contribution in [0.5, 0.6) is 0 Å². The Morgan fingerprint density at radius 1 is 0.743 bits per heavy atom. The van der Waals surface area contributed by atoms with Crippen molar-refractivity contribution in [2.45, 2.75) is 120 Å². The van der Waals surface area contributed by atoms with E-state index in [2.05, 4.69) is 61.4 Å². The maximum absolute atomic E-state index is 2.74. The summed E-state index contributed by atoms with van der Waals surface area (Å²) in [6, 6.07) is 10.2. The van der Waals surface area contributed by atoms with Crippen molar-refractivity contribution in [3.63, 3.8) is 0 Å². The minimum absolute atomic E-state index is 0. The smallest absolute Gasteiger partial charge is 1.00 e. The van der Waals surface area contributed by atoms with Crippen molar-refractivity contribution in [3.05, 3.63) is 47.6 Å². The van der Waals surface area contributed by atoms with Crippen LogP contribution >= 0.6 is 0 Å². The molecular formula is C30H46Cl2Si2Zr. The summed E-state index contributed by atoms with van der Waals surface area (Å²) >= 11 is -0.647. The molecule has 6 aliphatic rings. The van der Waals surface area contributed by atoms with Crippen LogP contribution in [0, 0.1) is 11.8 Å². The summed E-state index contributed by atoms with van der Waals surface area (Å²) in [7, 11) is -2.36. The van der Waals surface area contributed by atoms with Gasteiger partial charge < -0.3 is 24.8 Å². The molecule has 2 heterocycles. The van der Waals surface area contributed by atoms with Crippen molar-refractivity contribution in [3.8, 4) is 0 Å². The van der Waals surface area contributed by atoms with Gasteiger partial charge in [0.05, 0.1) is 0 Å². The van der Waals surface area contributed by atoms with E-state index in [9.17, 15) is 0 Å². The summed E-state index contributed by atoms with van der Waals surface area (Å²) in [4.78, 5) is 0. The molecule has 4 unspecified atom stereocenters. The van der Waals surface area contributed by atoms with Crippen LogP contribution in [0.25, 0.3) is 0 Å². The van der Waals surface area contributed by atoms with Gasteiger partial charge in [0, 0.05) is 0 Å². The number of hydrogen-bond acceptors (Lipinski definition) is 0. The minimum Gasteiger partial charge on any atom is -1.00 e. The van der Waals surface area contributed by atoms with Gasteiger partial charge in [-0.2, -0.15) is 0 Å². The minimum atomic E-state index is -1.18. The molecule has 0 bridgehead atoms. The second kappa shape index (κ2) is 11.2. The van der Waals surface area contributed by atoms with E-state index in [0.717, 1.165) is 17.3 Å². The molecule has 2 aliphatic heterocycles. The SMILES string of the molecule is CCC[Si]1([C]2([Zr+2][C]3([Si]4(CCC)CCC4)CCC4CC=CC=C43)CCC3CC=CC=C32)CCC1.[Cl-].[Cl-]. The molecule has 6 rings (SSSR count). The number of fused-ring (bicyclic) bond motifs is 2. The maximum Gasteiger partial charge on any atom is -1.00 e. The van der Waals surface area contributed by atoms with Crippen molar-refractivity contribution in [1.29, 1.82) is 0 Å². The van der Waals surface area contributed by atoms with Gasteiger partial charge in [-0.15, -0.1) is 0 Å². The summed E-state index contributed by atoms with van der Waals surface area (Å²) in [6.07, 6.45) is 30.8. The molecule has 0 N–H and O–H groups in total. The third-order valence-electron chi connectivity index (χ3n) is 11.6. The van der Waals surface area contributed by atoms with Crippen molar-refractivity contribution < 1.29 is 48.0 Å². The fraction of sp³-hybridized carbons (Fsp3) is 0.733. The van der Waals surface area contributed by atoms with Gasteiger partial charge in [-0.25, -0.2) is 0 Å². The Morgan fingerprint density at radius 3 is 1.51 bits per heavy atom. The quantitative estimate of drug-likeness (QED) is 0.363. The number of hydrogen-bond donors (Lipinski definition) is 0. The van der Waals surface area contributed by atoms with Gasteiger partial charge in [-0.3, -0.25) is 0 Å². The van der Waals surface area contributed by atoms with Gasteiger partial charge in [-0.1, -0.05) is 0 Å². The molecule has 0 aromatic rings. The Morgan fingerprint density at radius 2 is 1.17 bits per heavy atom. The van der Waals surface area contributed by atoms with Crippen LogP contribution < -0.4 is 24.8 Å². The Balaban J connectivity index is 0.00000144. The van der Waals surface area contributed by atoms with Gasteiger partial charge >= 0.3 is 219 Å². The van der Waals surface area contributed by atoms with Crippen LogP contribution in [0.3, 0.4) is 0 Å². The average molecular weight is 625 g/mol. The van der Waals surface area contributed by atoms with Gasteiger partial charge in [0.1, 0.15) is 0 Å². The first-order valence-electron chi connectivity index (χ1n) is 14.7. The van der Waals surface area contributed by atoms with Crippen molar-refractivity contribution >= 4 is 16.1 Å². The predicted octanol–water partition coefficient (Wildman–Crippen LogP) is 3.59. The molecular weight excluding hydrogens is 579 g/mol. The van der Waals surface area contributed by atoms with Crippen molar-refractivity contribution in [1.82, 2.24) is 0 Å². The van der Waals surface area contributed by atoms with E-state index in [1.165, 1.54) is 25.7 Å². The molecule has 5 heteroatoms. The fourth-order valence-corrected chi connectivity index (χ4v) is 39.5. The van der Waals surface area contributed by atoms with E-state index in [1.54, 1.807) is 74.8 Å². The van der Waals surface area contributed by atoms with Crippen molar-refractivity contribution in [2.24, 2.45) is 11.8 Å². The predicted molar refractivity (Wildman–Crippen MR) is 145 cm³/mol. The number of rotatable bonds is 8. The summed E-state index contributed by atoms with van der Waals surface area (Å²) in [6.45, 7) is 5.06. The normalized spacial score (nSPS) is 37.3. The molecule has 2 saturated heterocycles. The van der Waals surface area contributed by atoms with Crippen LogP contribution in [0.15, 0.2) is 47.6 Å². The van der Waals surface area contributed by atoms with E-state index in [0.29, 0.717) is 0 Å². The van der Waals surface area contributed by atoms with E-state index >= 15 is 0 Å². The largest absolute Gasteiger partial charge is 1.00 e. The van der Waals surface area contributed by atoms with E-state index in [-0.39, 0.29) is 24.8 Å². The van der Waals surface area contributed by atoms with E-state index in [4.69, 9.17) is 0 Å². The van der Waals surface area contributed by atoms with Gasteiger partial charge in [0.15, 0.2) is 0 Å². The van der Waals surface area contributed by atoms with Crippen molar-refractivity contribution in [2.75, 3.05) is 0 Å². The second-order valence-corrected chi connectivity index (χ2v) is 29.8. The van der Waals surface area contributed by atoms with Crippen LogP contribution in [-0.2, 0) is 23.2 Å². The average Bonchev–Trinajstić information content (AvgIpc) is 3.34. The molecule has 35 heavy (non-hydrogen) atoms. The zero-order chi connectivity index (χ0) is 22.6. The maximum atomic E-state index is 2.74. The van der Waals surface area contributed by atoms with Gasteiger partial charge in [0.25, 0.3) is 0 Å². The summed E-state index contributed by atoms with van der Waals surface area (Å²) in [5.74, 6) is 1.88. The van der Waals surface area contributed by atoms with Gasteiger partial charge in [-0.05, 0) is 0 Å². The summed E-state index contributed by atoms with van der Waals surface area (Å²) in [5.41, 5.74) is 4.18. The molecule has 0 amide bonds. The fourth-order valence-electron chi connectivity index (χ4n) is 9.94. The third-order valence-corrected chi connectivity index (χ3v) is 38.5. The first-order valence-corrected chi connectivity index (χ1v) is 22.4. The van der Waals surface area contributed by atoms with Crippen LogP contribution in [-0.4, -0.2) is 16.1 Å². The molecule has 0 spiro atoms. The third kappa shape index (κ3) is 4.18. The number of halogens is 2. The summed E-state index contributed by atoms with van der Waals surface area (Å²) < 4.78 is 1.64. The topological polar surface area (TPSA) is 0 Å². The molecule has 0 aromatic heterocycles. The zero-order valence-electron chi connectivity index (χ0n) is 22.2. The molecule has 4 fully saturated rings. The molecule has 0 aromatic carbocycles. The Labute approximate surface area is 241 Å². The molecule has 4 aliphatic carbocycles. The second-order valence-electron chi connectivity index (χ2n) is 12.7. The Bertz CT molecular complexity index is 828. The van der Waals surface area contributed by atoms with Crippen LogP contribution in [0.1, 0.15) is 78.1 Å².